The molecule has 1 unspecified atom stereocenters. The summed E-state index contributed by atoms with van der Waals surface area (Å²) in [5.74, 6) is 3.84. The van der Waals surface area contributed by atoms with Crippen LogP contribution in [0.4, 0.5) is 11.4 Å². The van der Waals surface area contributed by atoms with Gasteiger partial charge >= 0.3 is 0 Å². The van der Waals surface area contributed by atoms with E-state index in [-0.39, 0.29) is 24.4 Å². The number of hydrogen-bond donors (Lipinski definition) is 1. The van der Waals surface area contributed by atoms with Crippen LogP contribution in [0.1, 0.15) is 13.8 Å². The first-order valence-corrected chi connectivity index (χ1v) is 6.80. The third kappa shape index (κ3) is 2.62. The van der Waals surface area contributed by atoms with E-state index in [4.69, 9.17) is 15.9 Å². The number of fused-ring (bicyclic) bond motifs is 1. The third-order valence-corrected chi connectivity index (χ3v) is 3.55. The van der Waals surface area contributed by atoms with Gasteiger partial charge in [0.15, 0.2) is 11.5 Å². The van der Waals surface area contributed by atoms with E-state index >= 15 is 0 Å². The highest BCUT2D eigenvalue weighted by atomic mass is 16.5. The van der Waals surface area contributed by atoms with Gasteiger partial charge in [-0.3, -0.25) is 9.69 Å². The van der Waals surface area contributed by atoms with Crippen molar-refractivity contribution in [3.63, 3.8) is 0 Å². The summed E-state index contributed by atoms with van der Waals surface area (Å²) in [6.07, 6.45) is 5.41. The van der Waals surface area contributed by atoms with Crippen LogP contribution in [0.3, 0.4) is 0 Å². The summed E-state index contributed by atoms with van der Waals surface area (Å²) >= 11 is 0. The average molecular weight is 288 g/mol. The molecule has 0 radical (unpaired) electrons. The number of rotatable bonds is 4. The second kappa shape index (κ2) is 5.96. The van der Waals surface area contributed by atoms with E-state index in [2.05, 4.69) is 11.2 Å². The molecule has 0 fully saturated rings. The van der Waals surface area contributed by atoms with E-state index in [1.54, 1.807) is 25.2 Å². The lowest BCUT2D eigenvalue weighted by molar-refractivity contribution is -0.120. The molecule has 0 aromatic heterocycles. The van der Waals surface area contributed by atoms with Crippen LogP contribution in [0.15, 0.2) is 12.1 Å². The Kier molecular flexibility index (Phi) is 4.27. The molecule has 1 N–H and O–H groups in total. The normalized spacial score (nSPS) is 17.0. The number of ether oxygens (including phenoxy) is 2. The highest BCUT2D eigenvalue weighted by molar-refractivity contribution is 6.06. The largest absolute Gasteiger partial charge is 0.493 e. The topological polar surface area (TPSA) is 50.8 Å². The van der Waals surface area contributed by atoms with Crippen molar-refractivity contribution >= 4 is 17.3 Å². The van der Waals surface area contributed by atoms with Crippen LogP contribution < -0.4 is 19.7 Å². The minimum absolute atomic E-state index is 0.0253. The molecule has 1 aromatic rings. The van der Waals surface area contributed by atoms with Gasteiger partial charge in [-0.2, -0.15) is 0 Å². The highest BCUT2D eigenvalue weighted by Gasteiger charge is 2.34. The molecule has 1 aliphatic rings. The zero-order chi connectivity index (χ0) is 15.6. The van der Waals surface area contributed by atoms with E-state index in [0.29, 0.717) is 17.2 Å². The molecular weight excluding hydrogens is 268 g/mol. The van der Waals surface area contributed by atoms with Crippen molar-refractivity contribution in [2.75, 3.05) is 31.0 Å². The molecule has 0 spiro atoms. The molecule has 0 aliphatic carbocycles. The van der Waals surface area contributed by atoms with Crippen LogP contribution in [-0.2, 0) is 4.79 Å². The number of benzene rings is 1. The van der Waals surface area contributed by atoms with E-state index < -0.39 is 0 Å². The number of nitrogens with one attached hydrogen (secondary N) is 1. The lowest BCUT2D eigenvalue weighted by Crippen LogP contribution is -2.49. The molecule has 5 nitrogen and oxygen atoms in total. The number of hydrogen-bond acceptors (Lipinski definition) is 4. The fraction of sp³-hybridized carbons (Fsp3) is 0.438. The zero-order valence-corrected chi connectivity index (χ0v) is 12.8. The molecule has 1 aromatic carbocycles. The average Bonchev–Trinajstić information content (AvgIpc) is 2.48. The molecule has 1 amide bonds. The van der Waals surface area contributed by atoms with E-state index in [9.17, 15) is 4.79 Å². The van der Waals surface area contributed by atoms with Gasteiger partial charge in [-0.25, -0.2) is 0 Å². The number of terminal acetylenes is 1. The Hall–Kier alpha value is -2.35. The molecule has 1 heterocycles. The maximum absolute atomic E-state index is 12.6. The number of carbonyl (C=O) groups excluding carboxylic acids is 1. The Morgan fingerprint density at radius 3 is 2.48 bits per heavy atom. The summed E-state index contributed by atoms with van der Waals surface area (Å²) in [7, 11) is 3.14. The SMILES string of the molecule is C#CCN1C(=O)C(C(C)C)Nc2cc(OC)c(OC)cc21. The quantitative estimate of drug-likeness (QED) is 0.862. The van der Waals surface area contributed by atoms with Crippen molar-refractivity contribution in [2.24, 2.45) is 5.92 Å². The molecule has 0 saturated carbocycles. The Morgan fingerprint density at radius 1 is 1.33 bits per heavy atom. The van der Waals surface area contributed by atoms with Crippen molar-refractivity contribution in [3.8, 4) is 23.8 Å². The van der Waals surface area contributed by atoms with Gasteiger partial charge in [-0.05, 0) is 5.92 Å². The lowest BCUT2D eigenvalue weighted by Gasteiger charge is -2.36. The molecule has 112 valence electrons. The van der Waals surface area contributed by atoms with Crippen molar-refractivity contribution in [2.45, 2.75) is 19.9 Å². The van der Waals surface area contributed by atoms with Gasteiger partial charge in [0.2, 0.25) is 0 Å². The van der Waals surface area contributed by atoms with Crippen LogP contribution in [0.25, 0.3) is 0 Å². The van der Waals surface area contributed by atoms with Crippen LogP contribution in [0, 0.1) is 18.3 Å². The summed E-state index contributed by atoms with van der Waals surface area (Å²) in [6, 6.07) is 3.30. The van der Waals surface area contributed by atoms with E-state index in [1.165, 1.54) is 0 Å². The van der Waals surface area contributed by atoms with Gasteiger partial charge in [0.05, 0.1) is 32.1 Å². The van der Waals surface area contributed by atoms with Crippen LogP contribution in [-0.4, -0.2) is 32.7 Å². The van der Waals surface area contributed by atoms with E-state index in [0.717, 1.165) is 5.69 Å². The minimum Gasteiger partial charge on any atom is -0.493 e. The molecule has 2 rings (SSSR count). The van der Waals surface area contributed by atoms with Gasteiger partial charge in [-0.1, -0.05) is 19.8 Å². The van der Waals surface area contributed by atoms with Gasteiger partial charge in [-0.15, -0.1) is 6.42 Å². The highest BCUT2D eigenvalue weighted by Crippen LogP contribution is 2.41. The molecule has 0 saturated heterocycles. The molecule has 1 atom stereocenters. The summed E-state index contributed by atoms with van der Waals surface area (Å²) in [5, 5.41) is 3.27. The molecule has 1 aliphatic heterocycles. The zero-order valence-electron chi connectivity index (χ0n) is 12.8. The Bertz CT molecular complexity index is 590. The van der Waals surface area contributed by atoms with Crippen LogP contribution >= 0.6 is 0 Å². The Morgan fingerprint density at radius 2 is 1.95 bits per heavy atom. The molecule has 21 heavy (non-hydrogen) atoms. The molecule has 0 bridgehead atoms. The number of carbonyl (C=O) groups is 1. The molecule has 5 heteroatoms. The first kappa shape index (κ1) is 15.0. The number of nitrogens with zero attached hydrogens (tertiary/aromatic N) is 1. The van der Waals surface area contributed by atoms with Crippen LogP contribution in [0.2, 0.25) is 0 Å². The monoisotopic (exact) mass is 288 g/mol. The number of amides is 1. The van der Waals surface area contributed by atoms with Crippen LogP contribution in [0.5, 0.6) is 11.5 Å². The maximum atomic E-state index is 12.6. The number of anilines is 2. The fourth-order valence-corrected chi connectivity index (χ4v) is 2.43. The second-order valence-electron chi connectivity index (χ2n) is 5.22. The van der Waals surface area contributed by atoms with Gasteiger partial charge in [0.1, 0.15) is 6.04 Å². The Balaban J connectivity index is 2.55. The third-order valence-electron chi connectivity index (χ3n) is 3.55. The van der Waals surface area contributed by atoms with Crippen molar-refractivity contribution in [3.05, 3.63) is 12.1 Å². The summed E-state index contributed by atoms with van der Waals surface area (Å²) in [4.78, 5) is 14.2. The maximum Gasteiger partial charge on any atom is 0.250 e. The minimum atomic E-state index is -0.302. The van der Waals surface area contributed by atoms with Crippen molar-refractivity contribution in [1.82, 2.24) is 0 Å². The Labute approximate surface area is 125 Å². The summed E-state index contributed by atoms with van der Waals surface area (Å²) < 4.78 is 10.6. The van der Waals surface area contributed by atoms with Gasteiger partial charge in [0, 0.05) is 12.1 Å². The summed E-state index contributed by atoms with van der Waals surface area (Å²) in [6.45, 7) is 4.22. The first-order chi connectivity index (χ1) is 10.0. The first-order valence-electron chi connectivity index (χ1n) is 6.80. The number of methoxy groups -OCH3 is 2. The summed E-state index contributed by atoms with van der Waals surface area (Å²) in [5.41, 5.74) is 1.54. The van der Waals surface area contributed by atoms with E-state index in [1.807, 2.05) is 19.9 Å². The van der Waals surface area contributed by atoms with Crippen molar-refractivity contribution < 1.29 is 14.3 Å². The molecular formula is C16H20N2O3. The predicted molar refractivity (Wildman–Crippen MR) is 83.0 cm³/mol. The second-order valence-corrected chi connectivity index (χ2v) is 5.22. The predicted octanol–water partition coefficient (Wildman–Crippen LogP) is 2.12. The fourth-order valence-electron chi connectivity index (χ4n) is 2.43. The van der Waals surface area contributed by atoms with Crippen molar-refractivity contribution in [1.29, 1.82) is 0 Å². The van der Waals surface area contributed by atoms with Gasteiger partial charge < -0.3 is 14.8 Å². The van der Waals surface area contributed by atoms with Gasteiger partial charge in [0.25, 0.3) is 5.91 Å². The lowest BCUT2D eigenvalue weighted by atomic mass is 9.98. The standard InChI is InChI=1S/C16H20N2O3/c1-6-7-18-12-9-14(21-5)13(20-4)8-11(12)17-15(10(2)3)16(18)19/h1,8-10,15,17H,7H2,2-5H3. The smallest absolute Gasteiger partial charge is 0.250 e.